The largest absolute Gasteiger partial charge is 0.472 e. The number of hydrogen-bond donors (Lipinski definition) is 0. The zero-order chi connectivity index (χ0) is 15.5. The van der Waals surface area contributed by atoms with Crippen molar-refractivity contribution in [2.75, 3.05) is 13.1 Å². The molecular weight excluding hydrogens is 414 g/mol. The van der Waals surface area contributed by atoms with Gasteiger partial charge in [0.2, 0.25) is 5.88 Å². The molecule has 1 fully saturated rings. The van der Waals surface area contributed by atoms with Crippen LogP contribution >= 0.6 is 31.9 Å². The van der Waals surface area contributed by atoms with Crippen LogP contribution < -0.4 is 4.74 Å². The number of carbonyl (C=O) groups excluding carboxylic acids is 1. The summed E-state index contributed by atoms with van der Waals surface area (Å²) in [5, 5.41) is 0. The molecule has 114 valence electrons. The van der Waals surface area contributed by atoms with E-state index in [0.29, 0.717) is 24.5 Å². The molecule has 5 nitrogen and oxygen atoms in total. The van der Waals surface area contributed by atoms with Crippen molar-refractivity contribution in [1.82, 2.24) is 14.9 Å². The van der Waals surface area contributed by atoms with Crippen molar-refractivity contribution in [2.45, 2.75) is 12.5 Å². The molecule has 1 unspecified atom stereocenters. The molecule has 1 aliphatic heterocycles. The topological polar surface area (TPSA) is 55.3 Å². The van der Waals surface area contributed by atoms with Crippen molar-refractivity contribution in [3.8, 4) is 5.88 Å². The highest BCUT2D eigenvalue weighted by Crippen LogP contribution is 2.20. The highest BCUT2D eigenvalue weighted by Gasteiger charge is 2.28. The van der Waals surface area contributed by atoms with E-state index in [2.05, 4.69) is 41.8 Å². The number of pyridine rings is 2. The first-order valence-electron chi connectivity index (χ1n) is 6.80. The van der Waals surface area contributed by atoms with Crippen molar-refractivity contribution < 1.29 is 9.53 Å². The minimum Gasteiger partial charge on any atom is -0.472 e. The van der Waals surface area contributed by atoms with E-state index >= 15 is 0 Å². The molecule has 22 heavy (non-hydrogen) atoms. The van der Waals surface area contributed by atoms with E-state index in [1.165, 1.54) is 0 Å². The summed E-state index contributed by atoms with van der Waals surface area (Å²) in [6.07, 6.45) is 5.70. The van der Waals surface area contributed by atoms with Crippen LogP contribution in [0.2, 0.25) is 0 Å². The van der Waals surface area contributed by atoms with E-state index in [9.17, 15) is 4.79 Å². The molecule has 1 amide bonds. The SMILES string of the molecule is O=C(c1cncc(Br)c1)N1CCC(Oc2ccc(Br)cn2)C1. The molecule has 0 spiro atoms. The molecule has 1 aliphatic rings. The van der Waals surface area contributed by atoms with Crippen molar-refractivity contribution in [3.63, 3.8) is 0 Å². The van der Waals surface area contributed by atoms with Gasteiger partial charge in [0.05, 0.1) is 12.1 Å². The summed E-state index contributed by atoms with van der Waals surface area (Å²) in [5.41, 5.74) is 0.580. The maximum Gasteiger partial charge on any atom is 0.255 e. The lowest BCUT2D eigenvalue weighted by Crippen LogP contribution is -2.31. The maximum atomic E-state index is 12.4. The Morgan fingerprint density at radius 3 is 2.82 bits per heavy atom. The average molecular weight is 427 g/mol. The Morgan fingerprint density at radius 1 is 1.23 bits per heavy atom. The predicted octanol–water partition coefficient (Wildman–Crippen LogP) is 3.30. The number of halogens is 2. The molecule has 1 saturated heterocycles. The first kappa shape index (κ1) is 15.4. The van der Waals surface area contributed by atoms with Crippen molar-refractivity contribution >= 4 is 37.8 Å². The van der Waals surface area contributed by atoms with Crippen LogP contribution in [0.15, 0.2) is 45.7 Å². The number of nitrogens with zero attached hydrogens (tertiary/aromatic N) is 3. The fraction of sp³-hybridized carbons (Fsp3) is 0.267. The van der Waals surface area contributed by atoms with Crippen LogP contribution in [0.5, 0.6) is 5.88 Å². The monoisotopic (exact) mass is 425 g/mol. The molecule has 1 atom stereocenters. The highest BCUT2D eigenvalue weighted by molar-refractivity contribution is 9.10. The average Bonchev–Trinajstić information content (AvgIpc) is 2.97. The lowest BCUT2D eigenvalue weighted by Gasteiger charge is -2.17. The quantitative estimate of drug-likeness (QED) is 0.755. The van der Waals surface area contributed by atoms with Crippen molar-refractivity contribution in [3.05, 3.63) is 51.3 Å². The van der Waals surface area contributed by atoms with E-state index in [1.807, 2.05) is 12.1 Å². The second-order valence-corrected chi connectivity index (χ2v) is 6.82. The van der Waals surface area contributed by atoms with E-state index in [0.717, 1.165) is 15.4 Å². The number of aromatic nitrogens is 2. The normalized spacial score (nSPS) is 17.5. The summed E-state index contributed by atoms with van der Waals surface area (Å²) in [7, 11) is 0. The van der Waals surface area contributed by atoms with E-state index < -0.39 is 0 Å². The zero-order valence-electron chi connectivity index (χ0n) is 11.6. The van der Waals surface area contributed by atoms with Gasteiger partial charge in [-0.1, -0.05) is 0 Å². The molecule has 2 aromatic rings. The fourth-order valence-electron chi connectivity index (χ4n) is 2.32. The summed E-state index contributed by atoms with van der Waals surface area (Å²) in [6, 6.07) is 5.47. The molecule has 0 bridgehead atoms. The van der Waals surface area contributed by atoms with Gasteiger partial charge in [0.15, 0.2) is 0 Å². The lowest BCUT2D eigenvalue weighted by atomic mass is 10.2. The highest BCUT2D eigenvalue weighted by atomic mass is 79.9. The smallest absolute Gasteiger partial charge is 0.255 e. The van der Waals surface area contributed by atoms with Crippen LogP contribution in [0.1, 0.15) is 16.8 Å². The Bertz CT molecular complexity index is 679. The van der Waals surface area contributed by atoms with Crippen molar-refractivity contribution in [2.24, 2.45) is 0 Å². The van der Waals surface area contributed by atoms with Crippen LogP contribution in [-0.4, -0.2) is 40.0 Å². The van der Waals surface area contributed by atoms with Crippen LogP contribution in [0.4, 0.5) is 0 Å². The number of amides is 1. The van der Waals surface area contributed by atoms with Gasteiger partial charge in [-0.25, -0.2) is 4.98 Å². The second kappa shape index (κ2) is 6.75. The Labute approximate surface area is 145 Å². The zero-order valence-corrected chi connectivity index (χ0v) is 14.7. The number of carbonyl (C=O) groups is 1. The minimum absolute atomic E-state index is 0.0244. The minimum atomic E-state index is -0.0299. The van der Waals surface area contributed by atoms with Gasteiger partial charge in [-0.2, -0.15) is 0 Å². The summed E-state index contributed by atoms with van der Waals surface area (Å²) >= 11 is 6.67. The van der Waals surface area contributed by atoms with Crippen molar-refractivity contribution in [1.29, 1.82) is 0 Å². The third-order valence-corrected chi connectivity index (χ3v) is 4.27. The van der Waals surface area contributed by atoms with E-state index in [1.54, 1.807) is 29.6 Å². The maximum absolute atomic E-state index is 12.4. The third-order valence-electron chi connectivity index (χ3n) is 3.37. The van der Waals surface area contributed by atoms with Crippen LogP contribution in [0.3, 0.4) is 0 Å². The van der Waals surface area contributed by atoms with Gasteiger partial charge in [-0.3, -0.25) is 9.78 Å². The molecule has 0 N–H and O–H groups in total. The molecular formula is C15H13Br2N3O2. The van der Waals surface area contributed by atoms with E-state index in [-0.39, 0.29) is 12.0 Å². The first-order chi connectivity index (χ1) is 10.6. The molecule has 7 heteroatoms. The molecule has 3 heterocycles. The number of hydrogen-bond acceptors (Lipinski definition) is 4. The van der Waals surface area contributed by atoms with Gasteiger partial charge in [-0.05, 0) is 44.0 Å². The van der Waals surface area contributed by atoms with Gasteiger partial charge in [0.25, 0.3) is 5.91 Å². The molecule has 0 radical (unpaired) electrons. The lowest BCUT2D eigenvalue weighted by molar-refractivity contribution is 0.0770. The van der Waals surface area contributed by atoms with Crippen LogP contribution in [0.25, 0.3) is 0 Å². The standard InChI is InChI=1S/C15H13Br2N3O2/c16-11-1-2-14(19-8-11)22-13-3-4-20(9-13)15(21)10-5-12(17)7-18-6-10/h1-2,5-8,13H,3-4,9H2. The molecule has 0 saturated carbocycles. The second-order valence-electron chi connectivity index (χ2n) is 4.99. The number of ether oxygens (including phenoxy) is 1. The Hall–Kier alpha value is -1.47. The summed E-state index contributed by atoms with van der Waals surface area (Å²) in [4.78, 5) is 22.4. The molecule has 3 rings (SSSR count). The first-order valence-corrected chi connectivity index (χ1v) is 8.38. The van der Waals surface area contributed by atoms with Gasteiger partial charge >= 0.3 is 0 Å². The van der Waals surface area contributed by atoms with Crippen LogP contribution in [-0.2, 0) is 0 Å². The molecule has 0 aromatic carbocycles. The Balaban J connectivity index is 1.62. The Kier molecular flexibility index (Phi) is 4.73. The summed E-state index contributed by atoms with van der Waals surface area (Å²) in [6.45, 7) is 1.23. The molecule has 2 aromatic heterocycles. The third kappa shape index (κ3) is 3.64. The van der Waals surface area contributed by atoms with Crippen LogP contribution in [0, 0.1) is 0 Å². The molecule has 0 aliphatic carbocycles. The number of rotatable bonds is 3. The fourth-order valence-corrected chi connectivity index (χ4v) is 2.92. The summed E-state index contributed by atoms with van der Waals surface area (Å²) < 4.78 is 7.52. The number of likely N-dealkylation sites (tertiary alicyclic amines) is 1. The van der Waals surface area contributed by atoms with E-state index in [4.69, 9.17) is 4.74 Å². The van der Waals surface area contributed by atoms with Gasteiger partial charge in [0.1, 0.15) is 6.10 Å². The van der Waals surface area contributed by atoms with Gasteiger partial charge in [-0.15, -0.1) is 0 Å². The Morgan fingerprint density at radius 2 is 2.09 bits per heavy atom. The van der Waals surface area contributed by atoms with Gasteiger partial charge < -0.3 is 9.64 Å². The predicted molar refractivity (Wildman–Crippen MR) is 88.8 cm³/mol. The summed E-state index contributed by atoms with van der Waals surface area (Å²) in [5.74, 6) is 0.551. The van der Waals surface area contributed by atoms with Gasteiger partial charge in [0, 0.05) is 46.6 Å².